The van der Waals surface area contributed by atoms with Crippen LogP contribution in [-0.2, 0) is 5.33 Å². The van der Waals surface area contributed by atoms with Gasteiger partial charge in [0.2, 0.25) is 0 Å². The number of nitrogens with zero attached hydrogens (tertiary/aromatic N) is 2. The highest BCUT2D eigenvalue weighted by molar-refractivity contribution is 9.08. The van der Waals surface area contributed by atoms with Crippen LogP contribution in [0.3, 0.4) is 0 Å². The maximum absolute atomic E-state index is 3.52. The number of aryl methyl sites for hydroxylation is 1. The quantitative estimate of drug-likeness (QED) is 0.772. The van der Waals surface area contributed by atoms with Crippen LogP contribution < -0.4 is 4.90 Å². The van der Waals surface area contributed by atoms with Gasteiger partial charge in [0.05, 0.1) is 0 Å². The molecule has 0 spiro atoms. The molecule has 0 N–H and O–H groups in total. The van der Waals surface area contributed by atoms with E-state index in [1.54, 1.807) is 0 Å². The molecule has 0 aliphatic carbocycles. The molecule has 3 heteroatoms. The summed E-state index contributed by atoms with van der Waals surface area (Å²) in [5.74, 6) is 0. The lowest BCUT2D eigenvalue weighted by Crippen LogP contribution is -2.57. The third-order valence-corrected chi connectivity index (χ3v) is 4.72. The summed E-state index contributed by atoms with van der Waals surface area (Å²) in [5.41, 5.74) is 4.37. The number of alkyl halides is 1. The van der Waals surface area contributed by atoms with Crippen molar-refractivity contribution < 1.29 is 0 Å². The molecule has 0 unspecified atom stereocenters. The van der Waals surface area contributed by atoms with Gasteiger partial charge in [0.1, 0.15) is 0 Å². The van der Waals surface area contributed by atoms with Crippen LogP contribution in [0, 0.1) is 6.92 Å². The molecular weight excluding hydrogens is 288 g/mol. The monoisotopic (exact) mass is 310 g/mol. The van der Waals surface area contributed by atoms with Gasteiger partial charge in [-0.25, -0.2) is 0 Å². The molecule has 1 saturated heterocycles. The lowest BCUT2D eigenvalue weighted by Gasteiger charge is -2.46. The Hall–Kier alpha value is -0.540. The molecule has 0 bridgehead atoms. The van der Waals surface area contributed by atoms with Gasteiger partial charge in [-0.15, -0.1) is 0 Å². The first-order valence-electron chi connectivity index (χ1n) is 6.56. The summed E-state index contributed by atoms with van der Waals surface area (Å²) in [6.45, 7) is 10.2. The zero-order valence-electron chi connectivity index (χ0n) is 11.8. The van der Waals surface area contributed by atoms with E-state index in [2.05, 4.69) is 71.7 Å². The molecular formula is C15H23BrN2. The second-order valence-corrected chi connectivity index (χ2v) is 6.47. The second kappa shape index (κ2) is 5.22. The van der Waals surface area contributed by atoms with Crippen LogP contribution in [0.5, 0.6) is 0 Å². The third kappa shape index (κ3) is 2.72. The van der Waals surface area contributed by atoms with Crippen LogP contribution in [0.2, 0.25) is 0 Å². The predicted molar refractivity (Wildman–Crippen MR) is 82.7 cm³/mol. The predicted octanol–water partition coefficient (Wildman–Crippen LogP) is 3.42. The molecule has 1 aliphatic heterocycles. The molecule has 1 fully saturated rings. The fraction of sp³-hybridized carbons (Fsp3) is 0.600. The number of halogens is 1. The first-order valence-corrected chi connectivity index (χ1v) is 7.68. The molecule has 1 heterocycles. The molecule has 0 atom stereocenters. The Bertz CT molecular complexity index is 429. The van der Waals surface area contributed by atoms with Crippen molar-refractivity contribution in [1.82, 2.24) is 4.90 Å². The molecule has 0 amide bonds. The average molecular weight is 311 g/mol. The largest absolute Gasteiger partial charge is 0.368 e. The van der Waals surface area contributed by atoms with Gasteiger partial charge in [0.25, 0.3) is 0 Å². The van der Waals surface area contributed by atoms with E-state index in [9.17, 15) is 0 Å². The average Bonchev–Trinajstić information content (AvgIpc) is 2.32. The summed E-state index contributed by atoms with van der Waals surface area (Å²) in [7, 11) is 2.22. The molecule has 2 rings (SSSR count). The molecule has 1 aromatic rings. The van der Waals surface area contributed by atoms with Crippen LogP contribution in [0.4, 0.5) is 5.69 Å². The topological polar surface area (TPSA) is 6.48 Å². The fourth-order valence-corrected chi connectivity index (χ4v) is 2.95. The minimum absolute atomic E-state index is 0.249. The van der Waals surface area contributed by atoms with Crippen molar-refractivity contribution in [3.63, 3.8) is 0 Å². The molecule has 18 heavy (non-hydrogen) atoms. The van der Waals surface area contributed by atoms with E-state index < -0.39 is 0 Å². The van der Waals surface area contributed by atoms with E-state index in [4.69, 9.17) is 0 Å². The van der Waals surface area contributed by atoms with E-state index in [0.717, 1.165) is 25.0 Å². The third-order valence-electron chi connectivity index (χ3n) is 4.07. The number of hydrogen-bond acceptors (Lipinski definition) is 2. The summed E-state index contributed by atoms with van der Waals surface area (Å²) in [6, 6.07) is 6.78. The molecule has 0 saturated carbocycles. The number of likely N-dealkylation sites (N-methyl/N-ethyl adjacent to an activating group) is 1. The van der Waals surface area contributed by atoms with Gasteiger partial charge < -0.3 is 4.90 Å². The van der Waals surface area contributed by atoms with Crippen molar-refractivity contribution in [1.29, 1.82) is 0 Å². The second-order valence-electron chi connectivity index (χ2n) is 5.91. The Morgan fingerprint density at radius 3 is 2.56 bits per heavy atom. The van der Waals surface area contributed by atoms with Gasteiger partial charge >= 0.3 is 0 Å². The summed E-state index contributed by atoms with van der Waals surface area (Å²) in [6.07, 6.45) is 0. The normalized spacial score (nSPS) is 20.2. The lowest BCUT2D eigenvalue weighted by molar-refractivity contribution is 0.139. The Morgan fingerprint density at radius 2 is 2.00 bits per heavy atom. The zero-order valence-corrected chi connectivity index (χ0v) is 13.4. The summed E-state index contributed by atoms with van der Waals surface area (Å²) in [5, 5.41) is 0.933. The van der Waals surface area contributed by atoms with Crippen LogP contribution in [0.1, 0.15) is 25.0 Å². The zero-order chi connectivity index (χ0) is 13.3. The minimum Gasteiger partial charge on any atom is -0.368 e. The molecule has 0 radical (unpaired) electrons. The Kier molecular flexibility index (Phi) is 4.02. The van der Waals surface area contributed by atoms with E-state index in [0.29, 0.717) is 0 Å². The van der Waals surface area contributed by atoms with E-state index in [1.807, 2.05) is 0 Å². The van der Waals surface area contributed by atoms with E-state index >= 15 is 0 Å². The van der Waals surface area contributed by atoms with Crippen molar-refractivity contribution in [3.05, 3.63) is 29.3 Å². The van der Waals surface area contributed by atoms with Gasteiger partial charge in [0.15, 0.2) is 0 Å². The maximum Gasteiger partial charge on any atom is 0.0397 e. The smallest absolute Gasteiger partial charge is 0.0397 e. The number of piperazine rings is 1. The Balaban J connectivity index is 2.22. The number of hydrogen-bond donors (Lipinski definition) is 0. The van der Waals surface area contributed by atoms with Gasteiger partial charge in [-0.2, -0.15) is 0 Å². The van der Waals surface area contributed by atoms with Crippen molar-refractivity contribution in [2.24, 2.45) is 0 Å². The van der Waals surface area contributed by atoms with Crippen LogP contribution in [-0.4, -0.2) is 37.1 Å². The standard InChI is InChI=1S/C15H23BrN2/c1-12-9-13(10-16)5-6-14(12)18-8-7-17(4)15(2,3)11-18/h5-6,9H,7-8,10-11H2,1-4H3. The highest BCUT2D eigenvalue weighted by Crippen LogP contribution is 2.27. The van der Waals surface area contributed by atoms with Gasteiger partial charge in [-0.05, 0) is 45.0 Å². The summed E-state index contributed by atoms with van der Waals surface area (Å²) < 4.78 is 0. The van der Waals surface area contributed by atoms with E-state index in [-0.39, 0.29) is 5.54 Å². The van der Waals surface area contributed by atoms with Crippen LogP contribution in [0.15, 0.2) is 18.2 Å². The molecule has 0 aromatic heterocycles. The van der Waals surface area contributed by atoms with Crippen molar-refractivity contribution in [2.75, 3.05) is 31.6 Å². The maximum atomic E-state index is 3.52. The van der Waals surface area contributed by atoms with Crippen LogP contribution in [0.25, 0.3) is 0 Å². The number of anilines is 1. The molecule has 2 nitrogen and oxygen atoms in total. The first-order chi connectivity index (χ1) is 8.44. The fourth-order valence-electron chi connectivity index (χ4n) is 2.60. The minimum atomic E-state index is 0.249. The van der Waals surface area contributed by atoms with Crippen LogP contribution >= 0.6 is 15.9 Å². The molecule has 1 aliphatic rings. The highest BCUT2D eigenvalue weighted by Gasteiger charge is 2.31. The Labute approximate surface area is 119 Å². The van der Waals surface area contributed by atoms with E-state index in [1.165, 1.54) is 16.8 Å². The number of benzene rings is 1. The highest BCUT2D eigenvalue weighted by atomic mass is 79.9. The lowest BCUT2D eigenvalue weighted by atomic mass is 9.98. The number of rotatable bonds is 2. The van der Waals surface area contributed by atoms with Crippen molar-refractivity contribution in [3.8, 4) is 0 Å². The van der Waals surface area contributed by atoms with Gasteiger partial charge in [0, 0.05) is 36.2 Å². The van der Waals surface area contributed by atoms with Crippen molar-refractivity contribution >= 4 is 21.6 Å². The first kappa shape index (κ1) is 13.9. The SMILES string of the molecule is Cc1cc(CBr)ccc1N1CCN(C)C(C)(C)C1. The summed E-state index contributed by atoms with van der Waals surface area (Å²) >= 11 is 3.52. The van der Waals surface area contributed by atoms with Gasteiger partial charge in [-0.3, -0.25) is 4.90 Å². The van der Waals surface area contributed by atoms with Gasteiger partial charge in [-0.1, -0.05) is 28.1 Å². The van der Waals surface area contributed by atoms with Crippen molar-refractivity contribution in [2.45, 2.75) is 31.6 Å². The molecule has 1 aromatic carbocycles. The summed E-state index contributed by atoms with van der Waals surface area (Å²) in [4.78, 5) is 4.97. The molecule has 100 valence electrons. The Morgan fingerprint density at radius 1 is 1.28 bits per heavy atom.